The maximum atomic E-state index is 13.9. The SMILES string of the molecule is CC(C)(C)C1=CC(c2ccc(F)c3ccccc23)=CC1. The molecule has 0 heterocycles. The summed E-state index contributed by atoms with van der Waals surface area (Å²) in [6.45, 7) is 6.70. The Labute approximate surface area is 119 Å². The molecule has 0 nitrogen and oxygen atoms in total. The lowest BCUT2D eigenvalue weighted by atomic mass is 9.85. The van der Waals surface area contributed by atoms with Crippen molar-refractivity contribution in [2.24, 2.45) is 5.41 Å². The van der Waals surface area contributed by atoms with E-state index in [2.05, 4.69) is 32.9 Å². The highest BCUT2D eigenvalue weighted by molar-refractivity contribution is 5.97. The van der Waals surface area contributed by atoms with E-state index in [0.29, 0.717) is 5.39 Å². The van der Waals surface area contributed by atoms with E-state index in [1.807, 2.05) is 30.3 Å². The molecule has 2 aromatic rings. The first kappa shape index (κ1) is 13.1. The van der Waals surface area contributed by atoms with Crippen LogP contribution in [-0.2, 0) is 0 Å². The van der Waals surface area contributed by atoms with Gasteiger partial charge >= 0.3 is 0 Å². The van der Waals surface area contributed by atoms with E-state index in [1.165, 1.54) is 11.1 Å². The van der Waals surface area contributed by atoms with Gasteiger partial charge in [-0.3, -0.25) is 0 Å². The zero-order valence-corrected chi connectivity index (χ0v) is 12.2. The molecular formula is C19H19F. The Bertz CT molecular complexity index is 727. The quantitative estimate of drug-likeness (QED) is 0.617. The van der Waals surface area contributed by atoms with Gasteiger partial charge in [0.15, 0.2) is 0 Å². The highest BCUT2D eigenvalue weighted by Crippen LogP contribution is 2.38. The van der Waals surface area contributed by atoms with Crippen molar-refractivity contribution in [3.8, 4) is 0 Å². The van der Waals surface area contributed by atoms with Crippen LogP contribution in [0.5, 0.6) is 0 Å². The van der Waals surface area contributed by atoms with Crippen molar-refractivity contribution in [2.75, 3.05) is 0 Å². The van der Waals surface area contributed by atoms with Crippen LogP contribution < -0.4 is 0 Å². The minimum atomic E-state index is -0.150. The molecule has 0 aromatic heterocycles. The average Bonchev–Trinajstić information content (AvgIpc) is 2.89. The highest BCUT2D eigenvalue weighted by Gasteiger charge is 2.21. The van der Waals surface area contributed by atoms with Gasteiger partial charge in [0.25, 0.3) is 0 Å². The van der Waals surface area contributed by atoms with Crippen molar-refractivity contribution in [2.45, 2.75) is 27.2 Å². The Kier molecular flexibility index (Phi) is 3.01. The number of allylic oxidation sites excluding steroid dienone is 4. The molecule has 20 heavy (non-hydrogen) atoms. The number of hydrogen-bond donors (Lipinski definition) is 0. The van der Waals surface area contributed by atoms with Crippen LogP contribution in [0.25, 0.3) is 16.3 Å². The third-order valence-electron chi connectivity index (χ3n) is 4.02. The molecule has 2 aromatic carbocycles. The monoisotopic (exact) mass is 266 g/mol. The van der Waals surface area contributed by atoms with Gasteiger partial charge in [0, 0.05) is 5.39 Å². The molecule has 0 atom stereocenters. The first-order valence-corrected chi connectivity index (χ1v) is 7.05. The minimum Gasteiger partial charge on any atom is -0.206 e. The van der Waals surface area contributed by atoms with Crippen molar-refractivity contribution in [1.82, 2.24) is 0 Å². The molecule has 0 N–H and O–H groups in total. The van der Waals surface area contributed by atoms with Gasteiger partial charge in [0.2, 0.25) is 0 Å². The molecule has 0 amide bonds. The fourth-order valence-electron chi connectivity index (χ4n) is 2.75. The minimum absolute atomic E-state index is 0.150. The lowest BCUT2D eigenvalue weighted by Gasteiger charge is -2.19. The predicted octanol–water partition coefficient (Wildman–Crippen LogP) is 5.74. The largest absolute Gasteiger partial charge is 0.206 e. The van der Waals surface area contributed by atoms with Gasteiger partial charge < -0.3 is 0 Å². The molecule has 0 radical (unpaired) electrons. The summed E-state index contributed by atoms with van der Waals surface area (Å²) in [5.74, 6) is -0.150. The molecule has 102 valence electrons. The van der Waals surface area contributed by atoms with Gasteiger partial charge in [-0.25, -0.2) is 4.39 Å². The second-order valence-corrected chi connectivity index (χ2v) is 6.42. The molecule has 0 fully saturated rings. The summed E-state index contributed by atoms with van der Waals surface area (Å²) in [5, 5.41) is 1.69. The smallest absolute Gasteiger partial charge is 0.131 e. The zero-order valence-electron chi connectivity index (χ0n) is 12.2. The standard InChI is InChI=1S/C19H19F/c1-19(2,3)14-9-8-13(12-14)15-10-11-18(20)17-7-5-4-6-16(15)17/h4-8,10-12H,9H2,1-3H3. The molecule has 0 aliphatic heterocycles. The number of rotatable bonds is 1. The van der Waals surface area contributed by atoms with Crippen LogP contribution in [-0.4, -0.2) is 0 Å². The Balaban J connectivity index is 2.13. The van der Waals surface area contributed by atoms with Crippen LogP contribution in [0.2, 0.25) is 0 Å². The van der Waals surface area contributed by atoms with Gasteiger partial charge in [-0.05, 0) is 34.4 Å². The summed E-state index contributed by atoms with van der Waals surface area (Å²) >= 11 is 0. The van der Waals surface area contributed by atoms with Crippen molar-refractivity contribution < 1.29 is 4.39 Å². The fourth-order valence-corrected chi connectivity index (χ4v) is 2.75. The van der Waals surface area contributed by atoms with Crippen LogP contribution in [0.3, 0.4) is 0 Å². The third kappa shape index (κ3) is 2.18. The van der Waals surface area contributed by atoms with Crippen LogP contribution >= 0.6 is 0 Å². The van der Waals surface area contributed by atoms with Crippen molar-refractivity contribution >= 4 is 16.3 Å². The summed E-state index contributed by atoms with van der Waals surface area (Å²) in [6.07, 6.45) is 5.50. The first-order valence-electron chi connectivity index (χ1n) is 7.05. The molecule has 0 unspecified atom stereocenters. The number of hydrogen-bond acceptors (Lipinski definition) is 0. The van der Waals surface area contributed by atoms with Gasteiger partial charge in [0.05, 0.1) is 0 Å². The predicted molar refractivity (Wildman–Crippen MR) is 84.0 cm³/mol. The normalized spacial score (nSPS) is 15.4. The van der Waals surface area contributed by atoms with Gasteiger partial charge in [-0.2, -0.15) is 0 Å². The van der Waals surface area contributed by atoms with Crippen LogP contribution in [0.4, 0.5) is 4.39 Å². The van der Waals surface area contributed by atoms with E-state index in [4.69, 9.17) is 0 Å². The average molecular weight is 266 g/mol. The Morgan fingerprint density at radius 3 is 2.30 bits per heavy atom. The number of halogens is 1. The van der Waals surface area contributed by atoms with E-state index in [1.54, 1.807) is 6.07 Å². The second-order valence-electron chi connectivity index (χ2n) is 6.42. The maximum absolute atomic E-state index is 13.9. The number of fused-ring (bicyclic) bond motifs is 1. The number of benzene rings is 2. The third-order valence-corrected chi connectivity index (χ3v) is 4.02. The first-order chi connectivity index (χ1) is 9.47. The zero-order chi connectivity index (χ0) is 14.3. The molecule has 0 saturated heterocycles. The Morgan fingerprint density at radius 2 is 1.65 bits per heavy atom. The van der Waals surface area contributed by atoms with E-state index in [0.717, 1.165) is 17.4 Å². The van der Waals surface area contributed by atoms with Crippen molar-refractivity contribution in [3.05, 3.63) is 65.5 Å². The summed E-state index contributed by atoms with van der Waals surface area (Å²) in [7, 11) is 0. The van der Waals surface area contributed by atoms with Gasteiger partial charge in [-0.15, -0.1) is 0 Å². The van der Waals surface area contributed by atoms with Gasteiger partial charge in [-0.1, -0.05) is 68.8 Å². The summed E-state index contributed by atoms with van der Waals surface area (Å²) in [6, 6.07) is 11.2. The lowest BCUT2D eigenvalue weighted by molar-refractivity contribution is 0.496. The van der Waals surface area contributed by atoms with Crippen LogP contribution in [0, 0.1) is 11.2 Å². The Hall–Kier alpha value is -1.89. The van der Waals surface area contributed by atoms with Crippen LogP contribution in [0.15, 0.2) is 54.1 Å². The van der Waals surface area contributed by atoms with E-state index >= 15 is 0 Å². The van der Waals surface area contributed by atoms with E-state index in [9.17, 15) is 4.39 Å². The molecule has 1 aliphatic carbocycles. The maximum Gasteiger partial charge on any atom is 0.131 e. The highest BCUT2D eigenvalue weighted by atomic mass is 19.1. The van der Waals surface area contributed by atoms with E-state index in [-0.39, 0.29) is 11.2 Å². The molecule has 0 bridgehead atoms. The summed E-state index contributed by atoms with van der Waals surface area (Å²) in [4.78, 5) is 0. The topological polar surface area (TPSA) is 0 Å². The molecule has 1 aliphatic rings. The molecule has 3 rings (SSSR count). The van der Waals surface area contributed by atoms with Crippen LogP contribution in [0.1, 0.15) is 32.8 Å². The summed E-state index contributed by atoms with van der Waals surface area (Å²) < 4.78 is 13.9. The van der Waals surface area contributed by atoms with E-state index < -0.39 is 0 Å². The van der Waals surface area contributed by atoms with Crippen molar-refractivity contribution in [1.29, 1.82) is 0 Å². The summed E-state index contributed by atoms with van der Waals surface area (Å²) in [5.41, 5.74) is 3.96. The van der Waals surface area contributed by atoms with Gasteiger partial charge in [0.1, 0.15) is 5.82 Å². The lowest BCUT2D eigenvalue weighted by Crippen LogP contribution is -2.07. The van der Waals surface area contributed by atoms with Crippen molar-refractivity contribution in [3.63, 3.8) is 0 Å². The second kappa shape index (κ2) is 4.59. The molecule has 0 saturated carbocycles. The molecule has 1 heteroatoms. The fraction of sp³-hybridized carbons (Fsp3) is 0.263. The molecular weight excluding hydrogens is 247 g/mol. The molecule has 0 spiro atoms. The Morgan fingerprint density at radius 1 is 0.950 bits per heavy atom.